The van der Waals surface area contributed by atoms with Gasteiger partial charge in [-0.05, 0) is 46.4 Å². The van der Waals surface area contributed by atoms with Crippen molar-refractivity contribution >= 4 is 5.97 Å². The molecule has 0 amide bonds. The second-order valence-corrected chi connectivity index (χ2v) is 4.60. The summed E-state index contributed by atoms with van der Waals surface area (Å²) in [5.41, 5.74) is 0. The van der Waals surface area contributed by atoms with Crippen LogP contribution >= 0.6 is 0 Å². The Labute approximate surface area is 92.2 Å². The molecule has 4 nitrogen and oxygen atoms in total. The number of ether oxygens (including phenoxy) is 1. The van der Waals surface area contributed by atoms with Crippen molar-refractivity contribution in [3.05, 3.63) is 0 Å². The number of piperidine rings is 1. The molecule has 1 aliphatic heterocycles. The SMILES string of the molecule is COC(=O)C(C1CCCN(C)C1)N(C)C. The van der Waals surface area contributed by atoms with E-state index in [-0.39, 0.29) is 12.0 Å². The van der Waals surface area contributed by atoms with Crippen LogP contribution in [0.5, 0.6) is 0 Å². The summed E-state index contributed by atoms with van der Waals surface area (Å²) in [6.07, 6.45) is 2.28. The molecule has 2 atom stereocenters. The van der Waals surface area contributed by atoms with Crippen LogP contribution in [0.4, 0.5) is 0 Å². The first-order chi connectivity index (χ1) is 7.06. The predicted molar refractivity (Wildman–Crippen MR) is 59.7 cm³/mol. The van der Waals surface area contributed by atoms with Crippen molar-refractivity contribution in [3.63, 3.8) is 0 Å². The monoisotopic (exact) mass is 214 g/mol. The molecule has 0 aromatic carbocycles. The number of hydrogen-bond donors (Lipinski definition) is 0. The highest BCUT2D eigenvalue weighted by molar-refractivity contribution is 5.76. The molecular weight excluding hydrogens is 192 g/mol. The minimum atomic E-state index is -0.111. The Hall–Kier alpha value is -0.610. The van der Waals surface area contributed by atoms with E-state index in [1.165, 1.54) is 13.5 Å². The van der Waals surface area contributed by atoms with Gasteiger partial charge in [0.2, 0.25) is 0 Å². The zero-order valence-electron chi connectivity index (χ0n) is 10.2. The fourth-order valence-corrected chi connectivity index (χ4v) is 2.41. The third-order valence-corrected chi connectivity index (χ3v) is 3.11. The lowest BCUT2D eigenvalue weighted by Crippen LogP contribution is -2.48. The number of esters is 1. The van der Waals surface area contributed by atoms with E-state index in [2.05, 4.69) is 11.9 Å². The molecule has 0 N–H and O–H groups in total. The predicted octanol–water partition coefficient (Wildman–Crippen LogP) is 0.431. The van der Waals surface area contributed by atoms with E-state index in [4.69, 9.17) is 4.74 Å². The summed E-state index contributed by atoms with van der Waals surface area (Å²) in [7, 11) is 7.45. The van der Waals surface area contributed by atoms with Crippen molar-refractivity contribution < 1.29 is 9.53 Å². The number of methoxy groups -OCH3 is 1. The first-order valence-corrected chi connectivity index (χ1v) is 5.49. The van der Waals surface area contributed by atoms with Gasteiger partial charge in [-0.2, -0.15) is 0 Å². The van der Waals surface area contributed by atoms with Gasteiger partial charge in [-0.25, -0.2) is 0 Å². The summed E-state index contributed by atoms with van der Waals surface area (Å²) in [6, 6.07) is -0.0993. The summed E-state index contributed by atoms with van der Waals surface area (Å²) in [6.45, 7) is 2.12. The van der Waals surface area contributed by atoms with E-state index in [0.717, 1.165) is 19.5 Å². The Bertz CT molecular complexity index is 219. The van der Waals surface area contributed by atoms with Crippen LogP contribution in [-0.4, -0.2) is 63.2 Å². The van der Waals surface area contributed by atoms with Crippen molar-refractivity contribution in [2.45, 2.75) is 18.9 Å². The fraction of sp³-hybridized carbons (Fsp3) is 0.909. The quantitative estimate of drug-likeness (QED) is 0.638. The Morgan fingerprint density at radius 1 is 1.53 bits per heavy atom. The average Bonchev–Trinajstić information content (AvgIpc) is 2.17. The molecule has 0 aromatic heterocycles. The van der Waals surface area contributed by atoms with Gasteiger partial charge in [0.05, 0.1) is 7.11 Å². The molecule has 0 aliphatic carbocycles. The van der Waals surface area contributed by atoms with Gasteiger partial charge in [-0.1, -0.05) is 0 Å². The van der Waals surface area contributed by atoms with Gasteiger partial charge in [-0.15, -0.1) is 0 Å². The highest BCUT2D eigenvalue weighted by Gasteiger charge is 2.33. The Kier molecular flexibility index (Phi) is 4.54. The number of nitrogens with zero attached hydrogens (tertiary/aromatic N) is 2. The Morgan fingerprint density at radius 2 is 2.20 bits per heavy atom. The van der Waals surface area contributed by atoms with Gasteiger partial charge in [0.25, 0.3) is 0 Å². The lowest BCUT2D eigenvalue weighted by Gasteiger charge is -2.36. The molecule has 15 heavy (non-hydrogen) atoms. The number of likely N-dealkylation sites (N-methyl/N-ethyl adjacent to an activating group) is 1. The third kappa shape index (κ3) is 3.18. The zero-order valence-corrected chi connectivity index (χ0v) is 10.2. The largest absolute Gasteiger partial charge is 0.468 e. The van der Waals surface area contributed by atoms with E-state index in [1.54, 1.807) is 0 Å². The first kappa shape index (κ1) is 12.5. The molecule has 1 fully saturated rings. The van der Waals surface area contributed by atoms with Gasteiger partial charge < -0.3 is 9.64 Å². The topological polar surface area (TPSA) is 32.8 Å². The highest BCUT2D eigenvalue weighted by atomic mass is 16.5. The van der Waals surface area contributed by atoms with Crippen molar-refractivity contribution in [1.29, 1.82) is 0 Å². The Balaban J connectivity index is 2.66. The summed E-state index contributed by atoms with van der Waals surface area (Å²) in [4.78, 5) is 15.9. The van der Waals surface area contributed by atoms with E-state index >= 15 is 0 Å². The summed E-state index contributed by atoms with van der Waals surface area (Å²) >= 11 is 0. The smallest absolute Gasteiger partial charge is 0.323 e. The molecule has 1 aliphatic rings. The first-order valence-electron chi connectivity index (χ1n) is 5.49. The number of likely N-dealkylation sites (tertiary alicyclic amines) is 1. The number of carbonyl (C=O) groups is 1. The van der Waals surface area contributed by atoms with Crippen LogP contribution in [0.15, 0.2) is 0 Å². The second-order valence-electron chi connectivity index (χ2n) is 4.60. The fourth-order valence-electron chi connectivity index (χ4n) is 2.41. The van der Waals surface area contributed by atoms with Crippen LogP contribution < -0.4 is 0 Å². The van der Waals surface area contributed by atoms with Crippen molar-refractivity contribution in [1.82, 2.24) is 9.80 Å². The van der Waals surface area contributed by atoms with Crippen LogP contribution in [0.2, 0.25) is 0 Å². The van der Waals surface area contributed by atoms with E-state index in [1.807, 2.05) is 19.0 Å². The molecule has 1 heterocycles. The standard InChI is InChI=1S/C11H22N2O2/c1-12(2)10(11(14)15-4)9-6-5-7-13(3)8-9/h9-10H,5-8H2,1-4H3. The Morgan fingerprint density at radius 3 is 2.67 bits per heavy atom. The summed E-state index contributed by atoms with van der Waals surface area (Å²) in [5, 5.41) is 0. The molecule has 0 radical (unpaired) electrons. The van der Waals surface area contributed by atoms with Gasteiger partial charge in [0.1, 0.15) is 6.04 Å². The molecule has 0 saturated carbocycles. The van der Waals surface area contributed by atoms with Crippen LogP contribution in [0.3, 0.4) is 0 Å². The van der Waals surface area contributed by atoms with Crippen molar-refractivity contribution in [3.8, 4) is 0 Å². The minimum Gasteiger partial charge on any atom is -0.468 e. The van der Waals surface area contributed by atoms with E-state index in [0.29, 0.717) is 5.92 Å². The average molecular weight is 214 g/mol. The van der Waals surface area contributed by atoms with Crippen LogP contribution in [0.25, 0.3) is 0 Å². The highest BCUT2D eigenvalue weighted by Crippen LogP contribution is 2.22. The summed E-state index contributed by atoms with van der Waals surface area (Å²) in [5.74, 6) is 0.284. The number of hydrogen-bond acceptors (Lipinski definition) is 4. The van der Waals surface area contributed by atoms with Gasteiger partial charge in [-0.3, -0.25) is 9.69 Å². The van der Waals surface area contributed by atoms with Crippen LogP contribution in [0, 0.1) is 5.92 Å². The normalized spacial score (nSPS) is 25.3. The molecule has 1 rings (SSSR count). The zero-order chi connectivity index (χ0) is 11.4. The maximum absolute atomic E-state index is 11.7. The third-order valence-electron chi connectivity index (χ3n) is 3.11. The van der Waals surface area contributed by atoms with Crippen LogP contribution in [0.1, 0.15) is 12.8 Å². The lowest BCUT2D eigenvalue weighted by atomic mass is 9.90. The minimum absolute atomic E-state index is 0.0993. The summed E-state index contributed by atoms with van der Waals surface area (Å²) < 4.78 is 4.86. The van der Waals surface area contributed by atoms with E-state index < -0.39 is 0 Å². The van der Waals surface area contributed by atoms with E-state index in [9.17, 15) is 4.79 Å². The maximum atomic E-state index is 11.7. The van der Waals surface area contributed by atoms with Crippen LogP contribution in [-0.2, 0) is 9.53 Å². The van der Waals surface area contributed by atoms with Crippen molar-refractivity contribution in [2.75, 3.05) is 41.3 Å². The van der Waals surface area contributed by atoms with Gasteiger partial charge in [0, 0.05) is 6.54 Å². The maximum Gasteiger partial charge on any atom is 0.323 e. The number of rotatable bonds is 3. The molecule has 2 unspecified atom stereocenters. The number of carbonyl (C=O) groups excluding carboxylic acids is 1. The molecule has 0 aromatic rings. The molecular formula is C11H22N2O2. The molecule has 4 heteroatoms. The van der Waals surface area contributed by atoms with Gasteiger partial charge in [0.15, 0.2) is 0 Å². The lowest BCUT2D eigenvalue weighted by molar-refractivity contribution is -0.148. The second kappa shape index (κ2) is 5.47. The van der Waals surface area contributed by atoms with Gasteiger partial charge >= 0.3 is 5.97 Å². The molecule has 1 saturated heterocycles. The molecule has 0 spiro atoms. The van der Waals surface area contributed by atoms with Crippen molar-refractivity contribution in [2.24, 2.45) is 5.92 Å². The molecule has 88 valence electrons. The molecule has 0 bridgehead atoms.